The lowest BCUT2D eigenvalue weighted by molar-refractivity contribution is -0.119. The van der Waals surface area contributed by atoms with Crippen molar-refractivity contribution in [2.75, 3.05) is 19.0 Å². The first kappa shape index (κ1) is 20.8. The van der Waals surface area contributed by atoms with E-state index in [1.165, 1.54) is 19.4 Å². The van der Waals surface area contributed by atoms with Crippen molar-refractivity contribution in [2.45, 2.75) is 0 Å². The average Bonchev–Trinajstić information content (AvgIpc) is 3.36. The number of benzene rings is 2. The first-order valence-electron chi connectivity index (χ1n) is 9.64. The number of methoxy groups -OCH3 is 1. The molecule has 0 unspecified atom stereocenters. The van der Waals surface area contributed by atoms with E-state index in [9.17, 15) is 14.4 Å². The molecule has 2 aromatic heterocycles. The summed E-state index contributed by atoms with van der Waals surface area (Å²) in [7, 11) is 1.27. The summed E-state index contributed by atoms with van der Waals surface area (Å²) in [5.74, 6) is -1.24. The fourth-order valence-electron chi connectivity index (χ4n) is 3.14. The summed E-state index contributed by atoms with van der Waals surface area (Å²) in [5.41, 5.74) is 2.00. The van der Waals surface area contributed by atoms with Gasteiger partial charge < -0.3 is 19.2 Å². The number of ether oxygens (including phenoxy) is 2. The van der Waals surface area contributed by atoms with Gasteiger partial charge in [-0.2, -0.15) is 0 Å². The summed E-state index contributed by atoms with van der Waals surface area (Å²) in [4.78, 5) is 41.2. The number of rotatable bonds is 6. The minimum Gasteiger partial charge on any atom is -0.465 e. The molecule has 32 heavy (non-hydrogen) atoms. The molecule has 2 heterocycles. The van der Waals surface area contributed by atoms with Crippen molar-refractivity contribution in [2.24, 2.45) is 0 Å². The number of hydrogen-bond acceptors (Lipinski definition) is 7. The van der Waals surface area contributed by atoms with Gasteiger partial charge in [0.05, 0.1) is 30.0 Å². The van der Waals surface area contributed by atoms with E-state index in [-0.39, 0.29) is 11.1 Å². The number of furan rings is 1. The first-order chi connectivity index (χ1) is 15.5. The predicted molar refractivity (Wildman–Crippen MR) is 116 cm³/mol. The zero-order valence-corrected chi connectivity index (χ0v) is 17.0. The van der Waals surface area contributed by atoms with E-state index in [4.69, 9.17) is 9.15 Å². The molecular formula is C24H18N2O6. The molecular weight excluding hydrogens is 412 g/mol. The van der Waals surface area contributed by atoms with E-state index in [1.54, 1.807) is 54.6 Å². The topological polar surface area (TPSA) is 108 Å². The molecule has 1 amide bonds. The standard InChI is InChI=1S/C24H18N2O6/c1-30-23(28)15-6-4-7-16(12-15)25-22(27)14-32-24(29)18-13-20(21-10-5-11-31-21)26-19-9-3-2-8-17(18)19/h2-13H,14H2,1H3,(H,25,27). The van der Waals surface area contributed by atoms with Crippen LogP contribution in [0.2, 0.25) is 0 Å². The average molecular weight is 430 g/mol. The number of carbonyl (C=O) groups excluding carboxylic acids is 3. The molecule has 0 fully saturated rings. The zero-order chi connectivity index (χ0) is 22.5. The van der Waals surface area contributed by atoms with E-state index in [1.807, 2.05) is 6.07 Å². The lowest BCUT2D eigenvalue weighted by atomic mass is 10.1. The summed E-state index contributed by atoms with van der Waals surface area (Å²) in [6.07, 6.45) is 1.52. The van der Waals surface area contributed by atoms with E-state index in [0.717, 1.165) is 0 Å². The van der Waals surface area contributed by atoms with Crippen LogP contribution in [0.1, 0.15) is 20.7 Å². The number of pyridine rings is 1. The van der Waals surface area contributed by atoms with Crippen molar-refractivity contribution in [1.82, 2.24) is 4.98 Å². The molecule has 8 heteroatoms. The maximum absolute atomic E-state index is 12.8. The Balaban J connectivity index is 1.50. The molecule has 4 rings (SSSR count). The number of aromatic nitrogens is 1. The number of nitrogens with zero attached hydrogens (tertiary/aromatic N) is 1. The summed E-state index contributed by atoms with van der Waals surface area (Å²) in [6.45, 7) is -0.506. The Morgan fingerprint density at radius 2 is 1.81 bits per heavy atom. The maximum Gasteiger partial charge on any atom is 0.339 e. The number of esters is 2. The van der Waals surface area contributed by atoms with Crippen LogP contribution in [0.5, 0.6) is 0 Å². The highest BCUT2D eigenvalue weighted by Gasteiger charge is 2.17. The quantitative estimate of drug-likeness (QED) is 0.459. The molecule has 0 aliphatic heterocycles. The van der Waals surface area contributed by atoms with Gasteiger partial charge in [0.25, 0.3) is 5.91 Å². The van der Waals surface area contributed by atoms with Crippen molar-refractivity contribution >= 4 is 34.4 Å². The highest BCUT2D eigenvalue weighted by molar-refractivity contribution is 6.05. The van der Waals surface area contributed by atoms with Crippen molar-refractivity contribution in [3.8, 4) is 11.5 Å². The Labute approximate surface area is 182 Å². The highest BCUT2D eigenvalue weighted by Crippen LogP contribution is 2.25. The van der Waals surface area contributed by atoms with Gasteiger partial charge in [0, 0.05) is 11.1 Å². The second kappa shape index (κ2) is 9.13. The van der Waals surface area contributed by atoms with E-state index >= 15 is 0 Å². The molecule has 0 spiro atoms. The number of para-hydroxylation sites is 1. The summed E-state index contributed by atoms with van der Waals surface area (Å²) < 4.78 is 15.3. The molecule has 0 aliphatic carbocycles. The largest absolute Gasteiger partial charge is 0.465 e. The van der Waals surface area contributed by atoms with Crippen LogP contribution in [0.15, 0.2) is 77.4 Å². The van der Waals surface area contributed by atoms with Crippen LogP contribution in [0, 0.1) is 0 Å². The lowest BCUT2D eigenvalue weighted by Crippen LogP contribution is -2.21. The van der Waals surface area contributed by atoms with Gasteiger partial charge in [-0.3, -0.25) is 4.79 Å². The van der Waals surface area contributed by atoms with Gasteiger partial charge in [-0.25, -0.2) is 14.6 Å². The number of amides is 1. The van der Waals surface area contributed by atoms with Crippen LogP contribution in [0.4, 0.5) is 5.69 Å². The van der Waals surface area contributed by atoms with Crippen LogP contribution >= 0.6 is 0 Å². The third-order valence-electron chi connectivity index (χ3n) is 4.61. The molecule has 0 radical (unpaired) electrons. The number of hydrogen-bond donors (Lipinski definition) is 1. The second-order valence-corrected chi connectivity index (χ2v) is 6.75. The number of fused-ring (bicyclic) bond motifs is 1. The molecule has 0 saturated heterocycles. The Morgan fingerprint density at radius 1 is 0.969 bits per heavy atom. The van der Waals surface area contributed by atoms with Crippen molar-refractivity contribution in [3.63, 3.8) is 0 Å². The van der Waals surface area contributed by atoms with Gasteiger partial charge in [-0.1, -0.05) is 24.3 Å². The van der Waals surface area contributed by atoms with Crippen LogP contribution in [0.3, 0.4) is 0 Å². The van der Waals surface area contributed by atoms with E-state index in [2.05, 4.69) is 15.0 Å². The smallest absolute Gasteiger partial charge is 0.339 e. The van der Waals surface area contributed by atoms with E-state index < -0.39 is 24.5 Å². The van der Waals surface area contributed by atoms with Crippen molar-refractivity contribution < 1.29 is 28.3 Å². The normalized spacial score (nSPS) is 10.5. The molecule has 8 nitrogen and oxygen atoms in total. The molecule has 0 bridgehead atoms. The Kier molecular flexibility index (Phi) is 5.94. The highest BCUT2D eigenvalue weighted by atomic mass is 16.5. The predicted octanol–water partition coefficient (Wildman–Crippen LogP) is 4.08. The van der Waals surface area contributed by atoms with Gasteiger partial charge in [0.15, 0.2) is 12.4 Å². The van der Waals surface area contributed by atoms with Gasteiger partial charge in [-0.15, -0.1) is 0 Å². The summed E-state index contributed by atoms with van der Waals surface area (Å²) in [5, 5.41) is 3.18. The SMILES string of the molecule is COC(=O)c1cccc(NC(=O)COC(=O)c2cc(-c3ccco3)nc3ccccc23)c1. The van der Waals surface area contributed by atoms with Gasteiger partial charge in [0.2, 0.25) is 0 Å². The van der Waals surface area contributed by atoms with Gasteiger partial charge in [0.1, 0.15) is 5.69 Å². The van der Waals surface area contributed by atoms with Crippen LogP contribution in [-0.2, 0) is 14.3 Å². The second-order valence-electron chi connectivity index (χ2n) is 6.75. The Hall–Kier alpha value is -4.46. The monoisotopic (exact) mass is 430 g/mol. The number of anilines is 1. The fraction of sp³-hybridized carbons (Fsp3) is 0.0833. The molecule has 4 aromatic rings. The van der Waals surface area contributed by atoms with Crippen LogP contribution in [-0.4, -0.2) is 36.5 Å². The number of nitrogens with one attached hydrogen (secondary N) is 1. The Bertz CT molecular complexity index is 1300. The zero-order valence-electron chi connectivity index (χ0n) is 17.0. The maximum atomic E-state index is 12.8. The molecule has 0 aliphatic rings. The van der Waals surface area contributed by atoms with Crippen LogP contribution in [0.25, 0.3) is 22.4 Å². The third kappa shape index (κ3) is 4.49. The molecule has 2 aromatic carbocycles. The molecule has 0 saturated carbocycles. The van der Waals surface area contributed by atoms with E-state index in [0.29, 0.717) is 28.0 Å². The first-order valence-corrected chi connectivity index (χ1v) is 9.64. The Morgan fingerprint density at radius 3 is 2.59 bits per heavy atom. The van der Waals surface area contributed by atoms with Crippen LogP contribution < -0.4 is 5.32 Å². The summed E-state index contributed by atoms with van der Waals surface area (Å²) >= 11 is 0. The lowest BCUT2D eigenvalue weighted by Gasteiger charge is -2.10. The van der Waals surface area contributed by atoms with Crippen molar-refractivity contribution in [1.29, 1.82) is 0 Å². The van der Waals surface area contributed by atoms with Gasteiger partial charge >= 0.3 is 11.9 Å². The molecule has 0 atom stereocenters. The molecule has 160 valence electrons. The molecule has 1 N–H and O–H groups in total. The minimum atomic E-state index is -0.671. The third-order valence-corrected chi connectivity index (χ3v) is 4.61. The van der Waals surface area contributed by atoms with Gasteiger partial charge in [-0.05, 0) is 42.5 Å². The summed E-state index contributed by atoms with van der Waals surface area (Å²) in [6, 6.07) is 18.4. The fourth-order valence-corrected chi connectivity index (χ4v) is 3.14. The van der Waals surface area contributed by atoms with Crippen molar-refractivity contribution in [3.05, 3.63) is 84.1 Å². The minimum absolute atomic E-state index is 0.266. The number of carbonyl (C=O) groups is 3.